The molecular weight excluding hydrogens is 108 g/mol. The van der Waals surface area contributed by atoms with Crippen LogP contribution in [0.4, 0.5) is 0 Å². The van der Waals surface area contributed by atoms with Crippen LogP contribution in [0.1, 0.15) is 20.8 Å². The number of rotatable bonds is 0. The van der Waals surface area contributed by atoms with Crippen molar-refractivity contribution in [2.24, 2.45) is 5.14 Å². The monoisotopic (exact) mass is 120 g/mol. The second kappa shape index (κ2) is 1.92. The molecule has 3 heteroatoms. The Hall–Kier alpha value is 0.110. The predicted octanol–water partition coefficient (Wildman–Crippen LogP) is 1.04. The Morgan fingerprint density at radius 2 is 1.57 bits per heavy atom. The lowest BCUT2D eigenvalue weighted by molar-refractivity contribution is 0.793. The van der Waals surface area contributed by atoms with Crippen molar-refractivity contribution in [3.8, 4) is 0 Å². The molecule has 0 fully saturated rings. The highest BCUT2D eigenvalue weighted by Crippen LogP contribution is 2.05. The fourth-order valence-electron chi connectivity index (χ4n) is 0. The second-order valence-corrected chi connectivity index (χ2v) is 4.35. The Bertz CT molecular complexity index is 82.2. The summed E-state index contributed by atoms with van der Waals surface area (Å²) >= 11 is 0. The van der Waals surface area contributed by atoms with E-state index >= 15 is 0 Å². The Kier molecular flexibility index (Phi) is 1.95. The first-order valence-electron chi connectivity index (χ1n) is 2.14. The van der Waals surface area contributed by atoms with Gasteiger partial charge in [0.25, 0.3) is 0 Å². The van der Waals surface area contributed by atoms with Gasteiger partial charge in [0.15, 0.2) is 0 Å². The fraction of sp³-hybridized carbons (Fsp3) is 1.00. The standard InChI is InChI=1S/C4H12N2S/c1-4(2,3)7(5)6/h1-3H3,(H3,5,6). The van der Waals surface area contributed by atoms with E-state index in [0.717, 1.165) is 0 Å². The van der Waals surface area contributed by atoms with E-state index in [1.54, 1.807) is 0 Å². The molecule has 1 atom stereocenters. The van der Waals surface area contributed by atoms with E-state index < -0.39 is 10.9 Å². The Morgan fingerprint density at radius 3 is 1.57 bits per heavy atom. The quantitative estimate of drug-likeness (QED) is 0.493. The van der Waals surface area contributed by atoms with Crippen LogP contribution >= 0.6 is 0 Å². The summed E-state index contributed by atoms with van der Waals surface area (Å²) in [4.78, 5) is 0. The van der Waals surface area contributed by atoms with E-state index in [9.17, 15) is 0 Å². The Balaban J connectivity index is 3.79. The minimum absolute atomic E-state index is 0.0278. The van der Waals surface area contributed by atoms with E-state index in [0.29, 0.717) is 0 Å². The minimum atomic E-state index is -0.683. The molecule has 7 heavy (non-hydrogen) atoms. The molecule has 3 N–H and O–H groups in total. The molecule has 0 aliphatic rings. The molecule has 0 aliphatic carbocycles. The van der Waals surface area contributed by atoms with E-state index in [2.05, 4.69) is 0 Å². The van der Waals surface area contributed by atoms with Crippen LogP contribution in [-0.4, -0.2) is 4.75 Å². The zero-order chi connectivity index (χ0) is 6.08. The molecule has 0 radical (unpaired) electrons. The summed E-state index contributed by atoms with van der Waals surface area (Å²) in [6, 6.07) is 0. The van der Waals surface area contributed by atoms with Crippen LogP contribution in [0.15, 0.2) is 0 Å². The van der Waals surface area contributed by atoms with Gasteiger partial charge in [-0.2, -0.15) is 0 Å². The third kappa shape index (κ3) is 2.76. The van der Waals surface area contributed by atoms with Crippen molar-refractivity contribution in [3.63, 3.8) is 0 Å². The van der Waals surface area contributed by atoms with E-state index in [4.69, 9.17) is 9.92 Å². The van der Waals surface area contributed by atoms with Crippen molar-refractivity contribution < 1.29 is 0 Å². The first-order chi connectivity index (χ1) is 2.94. The van der Waals surface area contributed by atoms with Gasteiger partial charge in [0.05, 0.1) is 0 Å². The third-order valence-corrected chi connectivity index (χ3v) is 1.98. The molecule has 0 heterocycles. The van der Waals surface area contributed by atoms with Gasteiger partial charge in [-0.25, -0.2) is 0 Å². The van der Waals surface area contributed by atoms with Crippen LogP contribution in [-0.2, 0) is 10.9 Å². The number of hydrogen-bond donors (Lipinski definition) is 2. The Labute approximate surface area is 47.1 Å². The highest BCUT2D eigenvalue weighted by Gasteiger charge is 2.10. The van der Waals surface area contributed by atoms with Crippen LogP contribution in [0.2, 0.25) is 0 Å². The normalized spacial score (nSPS) is 16.6. The van der Waals surface area contributed by atoms with Crippen LogP contribution in [0, 0.1) is 4.78 Å². The lowest BCUT2D eigenvalue weighted by Crippen LogP contribution is -2.26. The van der Waals surface area contributed by atoms with E-state index in [-0.39, 0.29) is 4.75 Å². The smallest absolute Gasteiger partial charge is 0.0315 e. The van der Waals surface area contributed by atoms with Crippen molar-refractivity contribution in [2.75, 3.05) is 0 Å². The zero-order valence-corrected chi connectivity index (χ0v) is 5.80. The largest absolute Gasteiger partial charge is 0.269 e. The van der Waals surface area contributed by atoms with Crippen LogP contribution in [0.25, 0.3) is 0 Å². The SMILES string of the molecule is CC(C)(C)S(=N)N. The number of nitrogens with one attached hydrogen (secondary N) is 1. The minimum Gasteiger partial charge on any atom is -0.269 e. The van der Waals surface area contributed by atoms with Gasteiger partial charge in [-0.05, 0) is 31.6 Å². The first kappa shape index (κ1) is 7.11. The molecule has 0 bridgehead atoms. The summed E-state index contributed by atoms with van der Waals surface area (Å²) in [5.41, 5.74) is 0. The lowest BCUT2D eigenvalue weighted by Gasteiger charge is -2.15. The van der Waals surface area contributed by atoms with Crippen LogP contribution < -0.4 is 5.14 Å². The molecular formula is C4H12N2S. The summed E-state index contributed by atoms with van der Waals surface area (Å²) in [6.45, 7) is 5.88. The highest BCUT2D eigenvalue weighted by molar-refractivity contribution is 7.85. The second-order valence-electron chi connectivity index (χ2n) is 2.45. The third-order valence-electron chi connectivity index (χ3n) is 0.660. The molecule has 0 spiro atoms. The molecule has 0 rings (SSSR count). The highest BCUT2D eigenvalue weighted by atomic mass is 32.2. The van der Waals surface area contributed by atoms with E-state index in [1.807, 2.05) is 20.8 Å². The summed E-state index contributed by atoms with van der Waals surface area (Å²) in [5.74, 6) is 0. The summed E-state index contributed by atoms with van der Waals surface area (Å²) in [5, 5.41) is 5.26. The van der Waals surface area contributed by atoms with Gasteiger partial charge in [-0.1, -0.05) is 0 Å². The van der Waals surface area contributed by atoms with Gasteiger partial charge in [0.2, 0.25) is 0 Å². The molecule has 0 aromatic rings. The summed E-state index contributed by atoms with van der Waals surface area (Å²) < 4.78 is 7.01. The molecule has 0 saturated heterocycles. The van der Waals surface area contributed by atoms with Gasteiger partial charge >= 0.3 is 0 Å². The molecule has 0 saturated carbocycles. The summed E-state index contributed by atoms with van der Waals surface area (Å²) in [6.07, 6.45) is 0. The molecule has 44 valence electrons. The topological polar surface area (TPSA) is 49.9 Å². The Morgan fingerprint density at radius 1 is 1.43 bits per heavy atom. The van der Waals surface area contributed by atoms with Crippen molar-refractivity contribution in [2.45, 2.75) is 25.5 Å². The van der Waals surface area contributed by atoms with Crippen molar-refractivity contribution in [1.29, 1.82) is 4.78 Å². The number of hydrogen-bond acceptors (Lipinski definition) is 1. The molecule has 0 aromatic heterocycles. The zero-order valence-electron chi connectivity index (χ0n) is 4.99. The van der Waals surface area contributed by atoms with E-state index in [1.165, 1.54) is 0 Å². The number of nitrogens with two attached hydrogens (primary N) is 1. The van der Waals surface area contributed by atoms with Gasteiger partial charge in [-0.15, -0.1) is 0 Å². The molecule has 0 aromatic carbocycles. The van der Waals surface area contributed by atoms with Gasteiger partial charge in [0, 0.05) is 4.75 Å². The maximum Gasteiger partial charge on any atom is 0.0315 e. The maximum absolute atomic E-state index is 7.03. The van der Waals surface area contributed by atoms with Crippen molar-refractivity contribution in [1.82, 2.24) is 0 Å². The average Bonchev–Trinajstić information content (AvgIpc) is 1.31. The van der Waals surface area contributed by atoms with Gasteiger partial charge < -0.3 is 0 Å². The average molecular weight is 120 g/mol. The predicted molar refractivity (Wildman–Crippen MR) is 34.0 cm³/mol. The fourth-order valence-corrected chi connectivity index (χ4v) is 0. The maximum atomic E-state index is 7.03. The first-order valence-corrected chi connectivity index (χ1v) is 3.43. The summed E-state index contributed by atoms with van der Waals surface area (Å²) in [7, 11) is -0.683. The van der Waals surface area contributed by atoms with Gasteiger partial charge in [0.1, 0.15) is 0 Å². The molecule has 0 aliphatic heterocycles. The molecule has 2 nitrogen and oxygen atoms in total. The van der Waals surface area contributed by atoms with Crippen molar-refractivity contribution >= 4 is 10.9 Å². The van der Waals surface area contributed by atoms with Crippen LogP contribution in [0.3, 0.4) is 0 Å². The van der Waals surface area contributed by atoms with Gasteiger partial charge in [-0.3, -0.25) is 9.92 Å². The van der Waals surface area contributed by atoms with Crippen LogP contribution in [0.5, 0.6) is 0 Å². The molecule has 1 unspecified atom stereocenters. The lowest BCUT2D eigenvalue weighted by atomic mass is 10.3. The molecule has 0 amide bonds. The van der Waals surface area contributed by atoms with Crippen molar-refractivity contribution in [3.05, 3.63) is 0 Å².